The Morgan fingerprint density at radius 3 is 2.41 bits per heavy atom. The minimum absolute atomic E-state index is 0.00678. The first kappa shape index (κ1) is 21.8. The number of hydrogen-bond acceptors (Lipinski definition) is 6. The highest BCUT2D eigenvalue weighted by atomic mass is 35.5. The van der Waals surface area contributed by atoms with Crippen molar-refractivity contribution in [3.63, 3.8) is 0 Å². The Morgan fingerprint density at radius 1 is 1.03 bits per heavy atom. The van der Waals surface area contributed by atoms with Crippen molar-refractivity contribution in [1.29, 1.82) is 0 Å². The van der Waals surface area contributed by atoms with E-state index in [2.05, 4.69) is 20.0 Å². The van der Waals surface area contributed by atoms with Gasteiger partial charge < -0.3 is 9.73 Å². The van der Waals surface area contributed by atoms with Crippen molar-refractivity contribution < 1.29 is 17.6 Å². The summed E-state index contributed by atoms with van der Waals surface area (Å²) in [7, 11) is -3.87. The number of nitrogens with one attached hydrogen (secondary N) is 2. The van der Waals surface area contributed by atoms with E-state index in [9.17, 15) is 13.2 Å². The first-order valence-electron chi connectivity index (χ1n) is 9.60. The molecule has 0 fully saturated rings. The van der Waals surface area contributed by atoms with E-state index < -0.39 is 10.0 Å². The van der Waals surface area contributed by atoms with Crippen molar-refractivity contribution in [3.8, 4) is 0 Å². The molecule has 10 heteroatoms. The maximum atomic E-state index is 12.6. The van der Waals surface area contributed by atoms with Crippen LogP contribution in [-0.4, -0.2) is 24.3 Å². The van der Waals surface area contributed by atoms with Gasteiger partial charge in [0, 0.05) is 33.0 Å². The van der Waals surface area contributed by atoms with E-state index >= 15 is 0 Å². The number of hydrogen-bond donors (Lipinski definition) is 2. The highest BCUT2D eigenvalue weighted by molar-refractivity contribution is 7.92. The fourth-order valence-electron chi connectivity index (χ4n) is 3.24. The number of aromatic nitrogens is 2. The number of carbonyl (C=O) groups is 1. The summed E-state index contributed by atoms with van der Waals surface area (Å²) in [5, 5.41) is 4.07. The van der Waals surface area contributed by atoms with E-state index in [1.165, 1.54) is 30.5 Å². The molecule has 2 aromatic heterocycles. The van der Waals surface area contributed by atoms with Gasteiger partial charge in [0.1, 0.15) is 5.58 Å². The molecule has 1 amide bonds. The first-order valence-corrected chi connectivity index (χ1v) is 11.5. The van der Waals surface area contributed by atoms with Crippen LogP contribution >= 0.6 is 11.6 Å². The lowest BCUT2D eigenvalue weighted by Gasteiger charge is -2.09. The van der Waals surface area contributed by atoms with Gasteiger partial charge in [0.2, 0.25) is 11.9 Å². The molecule has 2 aromatic carbocycles. The number of amides is 1. The average molecular weight is 471 g/mol. The monoisotopic (exact) mass is 470 g/mol. The summed E-state index contributed by atoms with van der Waals surface area (Å²) in [6.45, 7) is 3.51. The van der Waals surface area contributed by atoms with Crippen LogP contribution in [0.2, 0.25) is 5.02 Å². The minimum atomic E-state index is -3.87. The second kappa shape index (κ2) is 8.60. The van der Waals surface area contributed by atoms with Gasteiger partial charge in [0.05, 0.1) is 17.6 Å². The molecule has 0 radical (unpaired) electrons. The van der Waals surface area contributed by atoms with Crippen LogP contribution in [0.15, 0.2) is 64.1 Å². The zero-order chi connectivity index (χ0) is 22.9. The van der Waals surface area contributed by atoms with Crippen LogP contribution in [0, 0.1) is 13.8 Å². The topological polar surface area (TPSA) is 114 Å². The zero-order valence-electron chi connectivity index (χ0n) is 17.2. The van der Waals surface area contributed by atoms with E-state index in [0.29, 0.717) is 33.2 Å². The minimum Gasteiger partial charge on any atom is -0.464 e. The largest absolute Gasteiger partial charge is 0.464 e. The Balaban J connectivity index is 1.44. The summed E-state index contributed by atoms with van der Waals surface area (Å²) in [5.41, 5.74) is 3.12. The van der Waals surface area contributed by atoms with Crippen molar-refractivity contribution in [1.82, 2.24) is 9.97 Å². The molecular formula is C22H19ClN4O4S. The SMILES string of the molecule is Cc1cc(C)nc(NS(=O)(=O)c2ccc(NC(=O)Cc3coc4ccc(Cl)cc34)cc2)n1. The molecule has 0 unspecified atom stereocenters. The standard InChI is InChI=1S/C22H19ClN4O4S/c1-13-9-14(2)25-22(24-13)27-32(29,30)18-6-4-17(5-7-18)26-21(28)10-15-12-31-20-8-3-16(23)11-19(15)20/h3-9,11-12H,10H2,1-2H3,(H,26,28)(H,24,25,27). The van der Waals surface area contributed by atoms with Gasteiger partial charge in [0.25, 0.3) is 10.0 Å². The zero-order valence-corrected chi connectivity index (χ0v) is 18.8. The Hall–Kier alpha value is -3.43. The van der Waals surface area contributed by atoms with Crippen LogP contribution in [0.25, 0.3) is 11.0 Å². The Kier molecular flexibility index (Phi) is 5.86. The number of nitrogens with zero attached hydrogens (tertiary/aromatic N) is 2. The lowest BCUT2D eigenvalue weighted by molar-refractivity contribution is -0.115. The summed E-state index contributed by atoms with van der Waals surface area (Å²) in [6.07, 6.45) is 1.61. The number of halogens is 1. The van der Waals surface area contributed by atoms with Crippen LogP contribution in [0.4, 0.5) is 11.6 Å². The van der Waals surface area contributed by atoms with Crippen LogP contribution in [0.3, 0.4) is 0 Å². The van der Waals surface area contributed by atoms with Gasteiger partial charge in [-0.25, -0.2) is 23.1 Å². The smallest absolute Gasteiger partial charge is 0.264 e. The van der Waals surface area contributed by atoms with Gasteiger partial charge in [-0.05, 0) is 62.4 Å². The number of rotatable bonds is 6. The third-order valence-electron chi connectivity index (χ3n) is 4.62. The summed E-state index contributed by atoms with van der Waals surface area (Å²) >= 11 is 6.03. The molecule has 32 heavy (non-hydrogen) atoms. The van der Waals surface area contributed by atoms with Crippen LogP contribution in [0.5, 0.6) is 0 Å². The number of fused-ring (bicyclic) bond motifs is 1. The quantitative estimate of drug-likeness (QED) is 0.429. The Labute approximate surface area is 189 Å². The highest BCUT2D eigenvalue weighted by Gasteiger charge is 2.17. The second-order valence-corrected chi connectivity index (χ2v) is 9.35. The number of sulfonamides is 1. The van der Waals surface area contributed by atoms with Crippen molar-refractivity contribution in [2.75, 3.05) is 10.0 Å². The van der Waals surface area contributed by atoms with E-state index in [1.807, 2.05) is 0 Å². The van der Waals surface area contributed by atoms with Crippen molar-refractivity contribution >= 4 is 50.1 Å². The normalized spacial score (nSPS) is 11.5. The molecule has 0 aliphatic heterocycles. The number of anilines is 2. The third-order valence-corrected chi connectivity index (χ3v) is 6.20. The lowest BCUT2D eigenvalue weighted by Crippen LogP contribution is -2.16. The van der Waals surface area contributed by atoms with Crippen molar-refractivity contribution in [3.05, 3.63) is 76.8 Å². The lowest BCUT2D eigenvalue weighted by atomic mass is 10.1. The van der Waals surface area contributed by atoms with Gasteiger partial charge in [-0.2, -0.15) is 0 Å². The van der Waals surface area contributed by atoms with E-state index in [-0.39, 0.29) is 23.2 Å². The molecule has 164 valence electrons. The molecule has 4 rings (SSSR count). The molecule has 0 spiro atoms. The summed E-state index contributed by atoms with van der Waals surface area (Å²) in [5.74, 6) is -0.266. The molecule has 8 nitrogen and oxygen atoms in total. The number of carbonyl (C=O) groups excluding carboxylic acids is 1. The first-order chi connectivity index (χ1) is 15.2. The molecule has 0 atom stereocenters. The fraction of sp³-hybridized carbons (Fsp3) is 0.136. The molecule has 0 bridgehead atoms. The second-order valence-electron chi connectivity index (χ2n) is 7.23. The van der Waals surface area contributed by atoms with Gasteiger partial charge in [-0.15, -0.1) is 0 Å². The summed E-state index contributed by atoms with van der Waals surface area (Å²) in [4.78, 5) is 20.7. The summed E-state index contributed by atoms with van der Waals surface area (Å²) < 4.78 is 33.1. The third kappa shape index (κ3) is 4.90. The molecule has 0 aliphatic rings. The molecule has 0 saturated carbocycles. The van der Waals surface area contributed by atoms with Crippen molar-refractivity contribution in [2.45, 2.75) is 25.2 Å². The van der Waals surface area contributed by atoms with Gasteiger partial charge >= 0.3 is 0 Å². The Morgan fingerprint density at radius 2 is 1.72 bits per heavy atom. The maximum Gasteiger partial charge on any atom is 0.264 e. The maximum absolute atomic E-state index is 12.6. The summed E-state index contributed by atoms with van der Waals surface area (Å²) in [6, 6.07) is 12.8. The van der Waals surface area contributed by atoms with Crippen LogP contribution in [0.1, 0.15) is 17.0 Å². The number of furan rings is 1. The number of aryl methyl sites for hydroxylation is 2. The molecular weight excluding hydrogens is 452 g/mol. The molecule has 0 aliphatic carbocycles. The van der Waals surface area contributed by atoms with Gasteiger partial charge in [0.15, 0.2) is 0 Å². The average Bonchev–Trinajstić information content (AvgIpc) is 3.09. The van der Waals surface area contributed by atoms with Gasteiger partial charge in [-0.1, -0.05) is 11.6 Å². The highest BCUT2D eigenvalue weighted by Crippen LogP contribution is 2.25. The molecule has 0 saturated heterocycles. The van der Waals surface area contributed by atoms with Crippen molar-refractivity contribution in [2.24, 2.45) is 0 Å². The van der Waals surface area contributed by atoms with E-state index in [0.717, 1.165) is 5.39 Å². The van der Waals surface area contributed by atoms with E-state index in [1.54, 1.807) is 38.1 Å². The van der Waals surface area contributed by atoms with Crippen LogP contribution in [-0.2, 0) is 21.2 Å². The fourth-order valence-corrected chi connectivity index (χ4v) is 4.35. The van der Waals surface area contributed by atoms with E-state index in [4.69, 9.17) is 16.0 Å². The predicted molar refractivity (Wildman–Crippen MR) is 122 cm³/mol. The van der Waals surface area contributed by atoms with Crippen LogP contribution < -0.4 is 10.0 Å². The Bertz CT molecular complexity index is 1400. The molecule has 2 N–H and O–H groups in total. The molecule has 4 aromatic rings. The molecule has 2 heterocycles. The van der Waals surface area contributed by atoms with Gasteiger partial charge in [-0.3, -0.25) is 4.79 Å². The predicted octanol–water partition coefficient (Wildman–Crippen LogP) is 4.48. The number of benzene rings is 2.